The molecule has 0 amide bonds. The summed E-state index contributed by atoms with van der Waals surface area (Å²) in [6.45, 7) is 2.63. The van der Waals surface area contributed by atoms with Gasteiger partial charge in [-0.05, 0) is 44.0 Å². The van der Waals surface area contributed by atoms with E-state index in [1.807, 2.05) is 6.07 Å². The van der Waals surface area contributed by atoms with E-state index in [4.69, 9.17) is 13.6 Å². The fraction of sp³-hybridized carbons (Fsp3) is 0.538. The molecule has 1 fully saturated rings. The molecule has 16 heavy (non-hydrogen) atoms. The molecule has 2 rings (SSSR count). The molecule has 0 aliphatic carbocycles. The monoisotopic (exact) mass is 224 g/mol. The molecule has 0 unspecified atom stereocenters. The van der Waals surface area contributed by atoms with Crippen LogP contribution in [0.4, 0.5) is 0 Å². The van der Waals surface area contributed by atoms with Gasteiger partial charge >= 0.3 is 0 Å². The summed E-state index contributed by atoms with van der Waals surface area (Å²) >= 11 is 0. The van der Waals surface area contributed by atoms with Gasteiger partial charge in [0.15, 0.2) is 11.5 Å². The molecule has 1 aliphatic rings. The van der Waals surface area contributed by atoms with Gasteiger partial charge in [-0.2, -0.15) is 0 Å². The summed E-state index contributed by atoms with van der Waals surface area (Å²) in [6, 6.07) is 6.90. The molecule has 0 atom stereocenters. The van der Waals surface area contributed by atoms with E-state index in [2.05, 4.69) is 5.32 Å². The molecule has 0 saturated carbocycles. The number of methoxy groups -OCH3 is 1. The van der Waals surface area contributed by atoms with Crippen LogP contribution in [0, 0.1) is 5.92 Å². The molecule has 0 bridgehead atoms. The molecule has 3 nitrogen and oxygen atoms in total. The summed E-state index contributed by atoms with van der Waals surface area (Å²) < 4.78 is 32.1. The molecule has 1 aromatic rings. The summed E-state index contributed by atoms with van der Waals surface area (Å²) in [6.07, 6.45) is 2.17. The number of piperidine rings is 1. The minimum Gasteiger partial charge on any atom is -0.493 e. The average molecular weight is 224 g/mol. The van der Waals surface area contributed by atoms with Crippen molar-refractivity contribution in [2.24, 2.45) is 5.92 Å². The Bertz CT molecular complexity index is 403. The molecule has 0 aromatic heterocycles. The quantitative estimate of drug-likeness (QED) is 0.849. The summed E-state index contributed by atoms with van der Waals surface area (Å²) in [7, 11) is -2.45. The Morgan fingerprint density at radius 1 is 1.31 bits per heavy atom. The van der Waals surface area contributed by atoms with Gasteiger partial charge in [-0.15, -0.1) is 0 Å². The lowest BCUT2D eigenvalue weighted by atomic mass is 9.99. The van der Waals surface area contributed by atoms with Crippen molar-refractivity contribution in [1.82, 2.24) is 5.32 Å². The van der Waals surface area contributed by atoms with E-state index in [1.165, 1.54) is 0 Å². The van der Waals surface area contributed by atoms with E-state index in [9.17, 15) is 0 Å². The number of nitrogens with one attached hydrogen (secondary N) is 1. The number of rotatable bonds is 4. The second-order valence-corrected chi connectivity index (χ2v) is 4.05. The first-order chi connectivity index (χ1) is 9.04. The zero-order valence-corrected chi connectivity index (χ0v) is 9.24. The van der Waals surface area contributed by atoms with Crippen molar-refractivity contribution in [3.63, 3.8) is 0 Å². The standard InChI is InChI=1S/C13H19NO2/c1-15-12-4-2-3-5-13(12)16-10-11-6-8-14-9-7-11/h2-5,11,14H,6-10H2,1H3/i1D3. The van der Waals surface area contributed by atoms with E-state index in [0.29, 0.717) is 18.3 Å². The van der Waals surface area contributed by atoms with Crippen LogP contribution in [0.25, 0.3) is 0 Å². The second-order valence-electron chi connectivity index (χ2n) is 4.05. The van der Waals surface area contributed by atoms with Gasteiger partial charge in [-0.1, -0.05) is 12.1 Å². The normalized spacial score (nSPS) is 20.6. The maximum atomic E-state index is 7.14. The molecule has 1 aromatic carbocycles. The molecule has 1 aliphatic heterocycles. The number of para-hydroxylation sites is 2. The fourth-order valence-electron chi connectivity index (χ4n) is 1.91. The highest BCUT2D eigenvalue weighted by molar-refractivity contribution is 5.39. The minimum absolute atomic E-state index is 0.274. The van der Waals surface area contributed by atoms with Crippen molar-refractivity contribution >= 4 is 0 Å². The van der Waals surface area contributed by atoms with Gasteiger partial charge in [0.05, 0.1) is 17.8 Å². The topological polar surface area (TPSA) is 30.5 Å². The van der Waals surface area contributed by atoms with Crippen LogP contribution < -0.4 is 14.8 Å². The first kappa shape index (κ1) is 7.96. The highest BCUT2D eigenvalue weighted by Crippen LogP contribution is 2.26. The number of benzene rings is 1. The Morgan fingerprint density at radius 2 is 2.06 bits per heavy atom. The van der Waals surface area contributed by atoms with Crippen LogP contribution in [0.3, 0.4) is 0 Å². The molecular weight excluding hydrogens is 202 g/mol. The maximum absolute atomic E-state index is 7.14. The Balaban J connectivity index is 1.95. The molecule has 0 spiro atoms. The van der Waals surface area contributed by atoms with E-state index in [1.54, 1.807) is 18.2 Å². The molecule has 1 saturated heterocycles. The highest BCUT2D eigenvalue weighted by atomic mass is 16.5. The summed E-state index contributed by atoms with van der Waals surface area (Å²) in [5.74, 6) is 1.29. The lowest BCUT2D eigenvalue weighted by Gasteiger charge is -2.23. The van der Waals surface area contributed by atoms with Crippen LogP contribution >= 0.6 is 0 Å². The van der Waals surface area contributed by atoms with Crippen molar-refractivity contribution in [3.05, 3.63) is 24.3 Å². The van der Waals surface area contributed by atoms with Crippen molar-refractivity contribution in [2.75, 3.05) is 26.7 Å². The zero-order chi connectivity index (χ0) is 13.7. The van der Waals surface area contributed by atoms with Gasteiger partial charge < -0.3 is 14.8 Å². The lowest BCUT2D eigenvalue weighted by Crippen LogP contribution is -2.30. The molecule has 0 radical (unpaired) electrons. The van der Waals surface area contributed by atoms with E-state index >= 15 is 0 Å². The van der Waals surface area contributed by atoms with E-state index in [0.717, 1.165) is 25.9 Å². The largest absolute Gasteiger partial charge is 0.493 e. The van der Waals surface area contributed by atoms with Gasteiger partial charge in [0, 0.05) is 0 Å². The summed E-state index contributed by atoms with van der Waals surface area (Å²) in [4.78, 5) is 0. The van der Waals surface area contributed by atoms with E-state index < -0.39 is 7.04 Å². The van der Waals surface area contributed by atoms with Gasteiger partial charge in [0.2, 0.25) is 0 Å². The number of hydrogen-bond acceptors (Lipinski definition) is 3. The average Bonchev–Trinajstić information content (AvgIpc) is 2.37. The van der Waals surface area contributed by atoms with Crippen LogP contribution in [0.1, 0.15) is 17.0 Å². The van der Waals surface area contributed by atoms with Crippen molar-refractivity contribution < 1.29 is 13.6 Å². The van der Waals surface area contributed by atoms with Crippen molar-refractivity contribution in [2.45, 2.75) is 12.8 Å². The predicted molar refractivity (Wildman–Crippen MR) is 64.1 cm³/mol. The Hall–Kier alpha value is -1.22. The lowest BCUT2D eigenvalue weighted by molar-refractivity contribution is 0.208. The van der Waals surface area contributed by atoms with Crippen LogP contribution in [0.2, 0.25) is 0 Å². The van der Waals surface area contributed by atoms with Crippen molar-refractivity contribution in [1.29, 1.82) is 0 Å². The molecule has 1 heterocycles. The van der Waals surface area contributed by atoms with Crippen LogP contribution in [-0.4, -0.2) is 26.7 Å². The Morgan fingerprint density at radius 3 is 2.81 bits per heavy atom. The number of ether oxygens (including phenoxy) is 2. The van der Waals surface area contributed by atoms with Gasteiger partial charge in [-0.25, -0.2) is 0 Å². The van der Waals surface area contributed by atoms with E-state index in [-0.39, 0.29) is 5.75 Å². The summed E-state index contributed by atoms with van der Waals surface area (Å²) in [5.41, 5.74) is 0. The third-order valence-electron chi connectivity index (χ3n) is 2.89. The number of hydrogen-bond donors (Lipinski definition) is 1. The maximum Gasteiger partial charge on any atom is 0.161 e. The molecular formula is C13H19NO2. The molecule has 3 heteroatoms. The Labute approximate surface area is 101 Å². The van der Waals surface area contributed by atoms with Crippen LogP contribution in [-0.2, 0) is 0 Å². The zero-order valence-electron chi connectivity index (χ0n) is 12.2. The van der Waals surface area contributed by atoms with Gasteiger partial charge in [0.25, 0.3) is 0 Å². The highest BCUT2D eigenvalue weighted by Gasteiger charge is 2.14. The van der Waals surface area contributed by atoms with Crippen molar-refractivity contribution in [3.8, 4) is 11.5 Å². The van der Waals surface area contributed by atoms with Crippen LogP contribution in [0.15, 0.2) is 24.3 Å². The minimum atomic E-state index is -2.45. The third-order valence-corrected chi connectivity index (χ3v) is 2.89. The van der Waals surface area contributed by atoms with Gasteiger partial charge in [0.1, 0.15) is 0 Å². The molecule has 1 N–H and O–H groups in total. The first-order valence-electron chi connectivity index (χ1n) is 7.16. The fourth-order valence-corrected chi connectivity index (χ4v) is 1.91. The van der Waals surface area contributed by atoms with Gasteiger partial charge in [-0.3, -0.25) is 0 Å². The van der Waals surface area contributed by atoms with Crippen LogP contribution in [0.5, 0.6) is 11.5 Å². The predicted octanol–water partition coefficient (Wildman–Crippen LogP) is 2.07. The SMILES string of the molecule is [2H]C([2H])([2H])Oc1ccccc1OCC1CCNCC1. The molecule has 88 valence electrons. The first-order valence-corrected chi connectivity index (χ1v) is 5.66. The third kappa shape index (κ3) is 2.89. The summed E-state index contributed by atoms with van der Waals surface area (Å²) in [5, 5.41) is 3.30. The smallest absolute Gasteiger partial charge is 0.161 e. The Kier molecular flexibility index (Phi) is 2.86. The second kappa shape index (κ2) is 5.75.